The predicted octanol–water partition coefficient (Wildman–Crippen LogP) is 2.21. The summed E-state index contributed by atoms with van der Waals surface area (Å²) in [5.74, 6) is 0.194. The highest BCUT2D eigenvalue weighted by molar-refractivity contribution is 5.95. The first-order valence-electron chi connectivity index (χ1n) is 6.49. The van der Waals surface area contributed by atoms with E-state index in [-0.39, 0.29) is 5.78 Å². The number of aryl methyl sites for hydroxylation is 1. The monoisotopic (exact) mass is 237 g/mol. The highest BCUT2D eigenvalue weighted by atomic mass is 16.1. The molecule has 0 spiro atoms. The third kappa shape index (κ3) is 4.30. The van der Waals surface area contributed by atoms with Crippen molar-refractivity contribution in [2.75, 3.05) is 19.6 Å². The molecule has 0 saturated carbocycles. The van der Waals surface area contributed by atoms with Crippen LogP contribution in [0.15, 0.2) is 12.4 Å². The molecule has 0 N–H and O–H groups in total. The van der Waals surface area contributed by atoms with Crippen molar-refractivity contribution < 1.29 is 4.79 Å². The van der Waals surface area contributed by atoms with E-state index in [4.69, 9.17) is 0 Å². The molecule has 1 heterocycles. The summed E-state index contributed by atoms with van der Waals surface area (Å²) >= 11 is 0. The van der Waals surface area contributed by atoms with Crippen LogP contribution in [-0.2, 0) is 6.54 Å². The summed E-state index contributed by atoms with van der Waals surface area (Å²) in [6.45, 7) is 10.1. The molecular formula is C13H23N3O. The third-order valence-corrected chi connectivity index (χ3v) is 2.96. The fraction of sp³-hybridized carbons (Fsp3) is 0.692. The maximum absolute atomic E-state index is 11.9. The molecule has 17 heavy (non-hydrogen) atoms. The molecular weight excluding hydrogens is 214 g/mol. The first kappa shape index (κ1) is 13.9. The summed E-state index contributed by atoms with van der Waals surface area (Å²) in [6, 6.07) is 0. The summed E-state index contributed by atoms with van der Waals surface area (Å²) in [5, 5.41) is 4.18. The van der Waals surface area contributed by atoms with E-state index >= 15 is 0 Å². The van der Waals surface area contributed by atoms with E-state index in [9.17, 15) is 4.79 Å². The average molecular weight is 237 g/mol. The molecule has 0 amide bonds. The van der Waals surface area contributed by atoms with Crippen LogP contribution in [-0.4, -0.2) is 40.1 Å². The van der Waals surface area contributed by atoms with Gasteiger partial charge in [-0.05, 0) is 19.5 Å². The molecule has 0 unspecified atom stereocenters. The van der Waals surface area contributed by atoms with Crippen molar-refractivity contribution in [1.29, 1.82) is 0 Å². The molecule has 0 aliphatic carbocycles. The Bertz CT molecular complexity index is 342. The molecule has 0 fully saturated rings. The summed E-state index contributed by atoms with van der Waals surface area (Å²) in [6.07, 6.45) is 5.16. The van der Waals surface area contributed by atoms with Gasteiger partial charge in [0.2, 0.25) is 0 Å². The lowest BCUT2D eigenvalue weighted by molar-refractivity contribution is 0.0966. The SMILES string of the molecule is CCCn1cc(C(=O)CCN(CC)CC)cn1. The van der Waals surface area contributed by atoms with Gasteiger partial charge in [-0.3, -0.25) is 9.48 Å². The Morgan fingerprint density at radius 1 is 1.35 bits per heavy atom. The van der Waals surface area contributed by atoms with Crippen LogP contribution < -0.4 is 0 Å². The van der Waals surface area contributed by atoms with Crippen LogP contribution in [0, 0.1) is 0 Å². The number of Topliss-reactive ketones (excluding diaryl/α,β-unsaturated/α-hetero) is 1. The fourth-order valence-electron chi connectivity index (χ4n) is 1.80. The van der Waals surface area contributed by atoms with Crippen molar-refractivity contribution in [1.82, 2.24) is 14.7 Å². The Morgan fingerprint density at radius 3 is 2.65 bits per heavy atom. The van der Waals surface area contributed by atoms with Crippen LogP contribution >= 0.6 is 0 Å². The Balaban J connectivity index is 2.46. The van der Waals surface area contributed by atoms with Gasteiger partial charge in [-0.2, -0.15) is 5.10 Å². The molecule has 1 rings (SSSR count). The number of carbonyl (C=O) groups is 1. The lowest BCUT2D eigenvalue weighted by Gasteiger charge is -2.16. The summed E-state index contributed by atoms with van der Waals surface area (Å²) < 4.78 is 1.84. The van der Waals surface area contributed by atoms with Crippen LogP contribution in [0.2, 0.25) is 0 Å². The van der Waals surface area contributed by atoms with Crippen LogP contribution in [0.5, 0.6) is 0 Å². The van der Waals surface area contributed by atoms with Gasteiger partial charge in [-0.25, -0.2) is 0 Å². The molecule has 0 saturated heterocycles. The number of aromatic nitrogens is 2. The maximum atomic E-state index is 11.9. The van der Waals surface area contributed by atoms with Crippen LogP contribution in [0.4, 0.5) is 0 Å². The quantitative estimate of drug-likeness (QED) is 0.651. The molecule has 0 aliphatic rings. The van der Waals surface area contributed by atoms with E-state index in [1.807, 2.05) is 10.9 Å². The number of carbonyl (C=O) groups excluding carboxylic acids is 1. The van der Waals surface area contributed by atoms with E-state index in [0.717, 1.165) is 38.2 Å². The lowest BCUT2D eigenvalue weighted by Crippen LogP contribution is -2.25. The second-order valence-electron chi connectivity index (χ2n) is 4.19. The highest BCUT2D eigenvalue weighted by Crippen LogP contribution is 2.04. The summed E-state index contributed by atoms with van der Waals surface area (Å²) in [4.78, 5) is 14.2. The second kappa shape index (κ2) is 7.22. The van der Waals surface area contributed by atoms with Gasteiger partial charge < -0.3 is 4.90 Å². The topological polar surface area (TPSA) is 38.1 Å². The lowest BCUT2D eigenvalue weighted by atomic mass is 10.1. The molecule has 0 aliphatic heterocycles. The molecule has 1 aromatic heterocycles. The Labute approximate surface area is 104 Å². The number of ketones is 1. The zero-order chi connectivity index (χ0) is 12.7. The van der Waals surface area contributed by atoms with Crippen LogP contribution in [0.1, 0.15) is 44.0 Å². The van der Waals surface area contributed by atoms with Gasteiger partial charge in [0.05, 0.1) is 11.8 Å². The van der Waals surface area contributed by atoms with E-state index in [1.165, 1.54) is 0 Å². The zero-order valence-electron chi connectivity index (χ0n) is 11.1. The molecule has 0 radical (unpaired) electrons. The summed E-state index contributed by atoms with van der Waals surface area (Å²) in [5.41, 5.74) is 0.741. The number of nitrogens with zero attached hydrogens (tertiary/aromatic N) is 3. The minimum Gasteiger partial charge on any atom is -0.303 e. The predicted molar refractivity (Wildman–Crippen MR) is 69.3 cm³/mol. The first-order valence-corrected chi connectivity index (χ1v) is 6.49. The number of hydrogen-bond donors (Lipinski definition) is 0. The standard InChI is InChI=1S/C13H23N3O/c1-4-8-16-11-12(10-14-16)13(17)7-9-15(5-2)6-3/h10-11H,4-9H2,1-3H3. The van der Waals surface area contributed by atoms with Crippen LogP contribution in [0.3, 0.4) is 0 Å². The van der Waals surface area contributed by atoms with E-state index < -0.39 is 0 Å². The van der Waals surface area contributed by atoms with Crippen molar-refractivity contribution in [2.45, 2.75) is 40.2 Å². The minimum absolute atomic E-state index is 0.194. The molecule has 96 valence electrons. The van der Waals surface area contributed by atoms with E-state index in [2.05, 4.69) is 30.8 Å². The zero-order valence-corrected chi connectivity index (χ0v) is 11.1. The van der Waals surface area contributed by atoms with Crippen molar-refractivity contribution in [3.8, 4) is 0 Å². The molecule has 4 nitrogen and oxygen atoms in total. The number of hydrogen-bond acceptors (Lipinski definition) is 3. The van der Waals surface area contributed by atoms with Gasteiger partial charge in [0, 0.05) is 25.7 Å². The molecule has 0 atom stereocenters. The fourth-order valence-corrected chi connectivity index (χ4v) is 1.80. The molecule has 0 bridgehead atoms. The first-order chi connectivity index (χ1) is 8.21. The van der Waals surface area contributed by atoms with E-state index in [0.29, 0.717) is 6.42 Å². The average Bonchev–Trinajstić information content (AvgIpc) is 2.79. The largest absolute Gasteiger partial charge is 0.303 e. The normalized spacial score (nSPS) is 11.1. The number of rotatable bonds is 8. The van der Waals surface area contributed by atoms with Gasteiger partial charge in [-0.1, -0.05) is 20.8 Å². The summed E-state index contributed by atoms with van der Waals surface area (Å²) in [7, 11) is 0. The van der Waals surface area contributed by atoms with Crippen molar-refractivity contribution in [3.05, 3.63) is 18.0 Å². The smallest absolute Gasteiger partial charge is 0.167 e. The Kier molecular flexibility index (Phi) is 5.91. The minimum atomic E-state index is 0.194. The van der Waals surface area contributed by atoms with Gasteiger partial charge in [-0.15, -0.1) is 0 Å². The third-order valence-electron chi connectivity index (χ3n) is 2.96. The van der Waals surface area contributed by atoms with Gasteiger partial charge in [0.25, 0.3) is 0 Å². The maximum Gasteiger partial charge on any atom is 0.167 e. The Morgan fingerprint density at radius 2 is 2.06 bits per heavy atom. The highest BCUT2D eigenvalue weighted by Gasteiger charge is 2.10. The Hall–Kier alpha value is -1.16. The van der Waals surface area contributed by atoms with Crippen molar-refractivity contribution in [2.24, 2.45) is 0 Å². The molecule has 1 aromatic rings. The van der Waals surface area contributed by atoms with Crippen LogP contribution in [0.25, 0.3) is 0 Å². The van der Waals surface area contributed by atoms with Gasteiger partial charge in [0.15, 0.2) is 5.78 Å². The van der Waals surface area contributed by atoms with Crippen molar-refractivity contribution in [3.63, 3.8) is 0 Å². The van der Waals surface area contributed by atoms with Gasteiger partial charge in [0.1, 0.15) is 0 Å². The van der Waals surface area contributed by atoms with Crippen molar-refractivity contribution >= 4 is 5.78 Å². The van der Waals surface area contributed by atoms with E-state index in [1.54, 1.807) is 6.20 Å². The molecule has 4 heteroatoms. The second-order valence-corrected chi connectivity index (χ2v) is 4.19. The molecule has 0 aromatic carbocycles. The van der Waals surface area contributed by atoms with Gasteiger partial charge >= 0.3 is 0 Å².